The summed E-state index contributed by atoms with van der Waals surface area (Å²) in [5.41, 5.74) is -0.908. The third-order valence-corrected chi connectivity index (χ3v) is 1.61. The summed E-state index contributed by atoms with van der Waals surface area (Å²) in [5.74, 6) is 0. The minimum Gasteiger partial charge on any atom is -0.397 e. The molecule has 0 radical (unpaired) electrons. The summed E-state index contributed by atoms with van der Waals surface area (Å²) < 4.78 is 12.8. The number of rotatable bonds is 0. The fourth-order valence-electron chi connectivity index (χ4n) is 1.14. The summed E-state index contributed by atoms with van der Waals surface area (Å²) in [4.78, 5) is 2.01. The molecule has 3 heteroatoms. The summed E-state index contributed by atoms with van der Waals surface area (Å²) in [5, 5.41) is 7.57. The SMILES string of the molecule is CCO.CN1CCC(C)(F)C1. The van der Waals surface area contributed by atoms with Gasteiger partial charge in [-0.1, -0.05) is 0 Å². The molecule has 1 aliphatic heterocycles. The highest BCUT2D eigenvalue weighted by Crippen LogP contribution is 2.22. The molecular weight excluding hydrogens is 145 g/mol. The van der Waals surface area contributed by atoms with Gasteiger partial charge in [-0.3, -0.25) is 0 Å². The Bertz CT molecular complexity index is 106. The molecule has 1 fully saturated rings. The topological polar surface area (TPSA) is 23.5 Å². The molecule has 1 unspecified atom stereocenters. The number of halogens is 1. The molecule has 0 aromatic heterocycles. The normalized spacial score (nSPS) is 31.4. The van der Waals surface area contributed by atoms with Gasteiger partial charge in [0.25, 0.3) is 0 Å². The van der Waals surface area contributed by atoms with Crippen molar-refractivity contribution >= 4 is 0 Å². The lowest BCUT2D eigenvalue weighted by molar-refractivity contribution is 0.198. The van der Waals surface area contributed by atoms with Gasteiger partial charge in [-0.2, -0.15) is 0 Å². The van der Waals surface area contributed by atoms with Crippen LogP contribution in [0.5, 0.6) is 0 Å². The zero-order valence-corrected chi connectivity index (χ0v) is 7.60. The molecule has 2 nitrogen and oxygen atoms in total. The van der Waals surface area contributed by atoms with E-state index in [1.54, 1.807) is 13.8 Å². The summed E-state index contributed by atoms with van der Waals surface area (Å²) in [7, 11) is 1.95. The lowest BCUT2D eigenvalue weighted by atomic mass is 10.1. The first-order chi connectivity index (χ1) is 5.02. The van der Waals surface area contributed by atoms with Gasteiger partial charge in [0.15, 0.2) is 0 Å². The van der Waals surface area contributed by atoms with Crippen molar-refractivity contribution in [1.29, 1.82) is 0 Å². The molecule has 1 atom stereocenters. The van der Waals surface area contributed by atoms with Gasteiger partial charge in [0.05, 0.1) is 0 Å². The van der Waals surface area contributed by atoms with Gasteiger partial charge in [0.1, 0.15) is 5.67 Å². The highest BCUT2D eigenvalue weighted by molar-refractivity contribution is 4.84. The Morgan fingerprint density at radius 2 is 2.09 bits per heavy atom. The molecule has 1 N–H and O–H groups in total. The van der Waals surface area contributed by atoms with Gasteiger partial charge in [0.2, 0.25) is 0 Å². The molecule has 0 spiro atoms. The molecule has 0 aromatic rings. The Balaban J connectivity index is 0.000000292. The number of nitrogens with zero attached hydrogens (tertiary/aromatic N) is 1. The van der Waals surface area contributed by atoms with Crippen LogP contribution in [0.25, 0.3) is 0 Å². The van der Waals surface area contributed by atoms with Crippen LogP contribution >= 0.6 is 0 Å². The van der Waals surface area contributed by atoms with Gasteiger partial charge < -0.3 is 10.0 Å². The van der Waals surface area contributed by atoms with Crippen molar-refractivity contribution in [1.82, 2.24) is 4.90 Å². The lowest BCUT2D eigenvalue weighted by Gasteiger charge is -2.10. The maximum Gasteiger partial charge on any atom is 0.122 e. The van der Waals surface area contributed by atoms with Crippen molar-refractivity contribution < 1.29 is 9.50 Å². The van der Waals surface area contributed by atoms with Gasteiger partial charge in [-0.25, -0.2) is 4.39 Å². The second kappa shape index (κ2) is 4.67. The summed E-state index contributed by atoms with van der Waals surface area (Å²) >= 11 is 0. The third-order valence-electron chi connectivity index (χ3n) is 1.61. The fraction of sp³-hybridized carbons (Fsp3) is 1.00. The maximum absolute atomic E-state index is 12.8. The number of aliphatic hydroxyl groups excluding tert-OH is 1. The molecule has 1 heterocycles. The quantitative estimate of drug-likeness (QED) is 0.577. The first-order valence-electron chi connectivity index (χ1n) is 4.00. The fourth-order valence-corrected chi connectivity index (χ4v) is 1.14. The maximum atomic E-state index is 12.8. The van der Waals surface area contributed by atoms with Crippen molar-refractivity contribution in [3.63, 3.8) is 0 Å². The van der Waals surface area contributed by atoms with Crippen LogP contribution in [-0.2, 0) is 0 Å². The molecule has 1 saturated heterocycles. The first-order valence-corrected chi connectivity index (χ1v) is 4.00. The molecule has 0 amide bonds. The van der Waals surface area contributed by atoms with E-state index in [0.717, 1.165) is 6.54 Å². The number of likely N-dealkylation sites (tertiary alicyclic amines) is 1. The molecule has 1 rings (SSSR count). The number of aliphatic hydroxyl groups is 1. The minimum absolute atomic E-state index is 0.250. The molecule has 1 aliphatic rings. The Hall–Kier alpha value is -0.150. The van der Waals surface area contributed by atoms with Crippen LogP contribution in [0.4, 0.5) is 4.39 Å². The summed E-state index contributed by atoms with van der Waals surface area (Å²) in [6, 6.07) is 0. The number of hydrogen-bond acceptors (Lipinski definition) is 2. The van der Waals surface area contributed by atoms with Crippen molar-refractivity contribution in [3.8, 4) is 0 Å². The van der Waals surface area contributed by atoms with Crippen LogP contribution < -0.4 is 0 Å². The third kappa shape index (κ3) is 5.16. The van der Waals surface area contributed by atoms with Crippen molar-refractivity contribution in [2.75, 3.05) is 26.7 Å². The van der Waals surface area contributed by atoms with Crippen molar-refractivity contribution in [3.05, 3.63) is 0 Å². The Morgan fingerprint density at radius 3 is 2.18 bits per heavy atom. The van der Waals surface area contributed by atoms with Gasteiger partial charge in [-0.15, -0.1) is 0 Å². The number of hydrogen-bond donors (Lipinski definition) is 1. The second-order valence-electron chi connectivity index (χ2n) is 3.22. The van der Waals surface area contributed by atoms with E-state index in [2.05, 4.69) is 0 Å². The van der Waals surface area contributed by atoms with Gasteiger partial charge in [-0.05, 0) is 27.3 Å². The zero-order chi connectivity index (χ0) is 8.91. The molecular formula is C8H18FNO. The molecule has 0 aliphatic carbocycles. The average molecular weight is 163 g/mol. The van der Waals surface area contributed by atoms with Crippen LogP contribution in [0.2, 0.25) is 0 Å². The van der Waals surface area contributed by atoms with E-state index in [9.17, 15) is 4.39 Å². The van der Waals surface area contributed by atoms with Crippen LogP contribution in [0.3, 0.4) is 0 Å². The van der Waals surface area contributed by atoms with E-state index >= 15 is 0 Å². The summed E-state index contributed by atoms with van der Waals surface area (Å²) in [6.45, 7) is 5.11. The Morgan fingerprint density at radius 1 is 1.64 bits per heavy atom. The first kappa shape index (κ1) is 10.8. The Kier molecular flexibility index (Phi) is 4.61. The zero-order valence-electron chi connectivity index (χ0n) is 7.60. The standard InChI is InChI=1S/C6H12FN.C2H6O/c1-6(7)3-4-8(2)5-6;1-2-3/h3-5H2,1-2H3;3H,2H2,1H3. The van der Waals surface area contributed by atoms with Crippen molar-refractivity contribution in [2.24, 2.45) is 0 Å². The van der Waals surface area contributed by atoms with E-state index in [4.69, 9.17) is 5.11 Å². The molecule has 11 heavy (non-hydrogen) atoms. The highest BCUT2D eigenvalue weighted by atomic mass is 19.1. The van der Waals surface area contributed by atoms with Gasteiger partial charge in [0, 0.05) is 19.7 Å². The van der Waals surface area contributed by atoms with E-state index in [1.165, 1.54) is 0 Å². The van der Waals surface area contributed by atoms with Crippen LogP contribution in [0, 0.1) is 0 Å². The van der Waals surface area contributed by atoms with Crippen LogP contribution in [-0.4, -0.2) is 42.4 Å². The molecule has 68 valence electrons. The predicted molar refractivity (Wildman–Crippen MR) is 44.4 cm³/mol. The van der Waals surface area contributed by atoms with E-state index in [0.29, 0.717) is 13.0 Å². The predicted octanol–water partition coefficient (Wildman–Crippen LogP) is 1.05. The molecule has 0 bridgehead atoms. The molecule has 0 aromatic carbocycles. The Labute approximate surface area is 68.0 Å². The second-order valence-corrected chi connectivity index (χ2v) is 3.22. The minimum atomic E-state index is -0.908. The highest BCUT2D eigenvalue weighted by Gasteiger charge is 2.30. The van der Waals surface area contributed by atoms with Gasteiger partial charge >= 0.3 is 0 Å². The monoisotopic (exact) mass is 163 g/mol. The largest absolute Gasteiger partial charge is 0.397 e. The van der Waals surface area contributed by atoms with E-state index in [-0.39, 0.29) is 6.61 Å². The van der Waals surface area contributed by atoms with Crippen LogP contribution in [0.15, 0.2) is 0 Å². The van der Waals surface area contributed by atoms with Crippen LogP contribution in [0.1, 0.15) is 20.3 Å². The van der Waals surface area contributed by atoms with Crippen molar-refractivity contribution in [2.45, 2.75) is 25.9 Å². The lowest BCUT2D eigenvalue weighted by Crippen LogP contribution is -2.22. The van der Waals surface area contributed by atoms with E-state index in [1.807, 2.05) is 11.9 Å². The number of alkyl halides is 1. The average Bonchev–Trinajstić information content (AvgIpc) is 2.11. The smallest absolute Gasteiger partial charge is 0.122 e. The summed E-state index contributed by atoms with van der Waals surface area (Å²) in [6.07, 6.45) is 0.698. The van der Waals surface area contributed by atoms with E-state index < -0.39 is 5.67 Å². The molecule has 0 saturated carbocycles.